The van der Waals surface area contributed by atoms with Gasteiger partial charge in [-0.2, -0.15) is 0 Å². The summed E-state index contributed by atoms with van der Waals surface area (Å²) in [6.45, 7) is 4.36. The van der Waals surface area contributed by atoms with E-state index in [1.54, 1.807) is 11.3 Å². The highest BCUT2D eigenvalue weighted by molar-refractivity contribution is 7.99. The van der Waals surface area contributed by atoms with Crippen molar-refractivity contribution in [3.63, 3.8) is 0 Å². The second-order valence-corrected chi connectivity index (χ2v) is 6.45. The molecule has 0 aromatic carbocycles. The van der Waals surface area contributed by atoms with E-state index in [-0.39, 0.29) is 6.04 Å². The van der Waals surface area contributed by atoms with Crippen LogP contribution in [-0.2, 0) is 6.42 Å². The molecule has 0 amide bonds. The van der Waals surface area contributed by atoms with E-state index in [0.717, 1.165) is 23.6 Å². The normalized spacial score (nSPS) is 13.3. The second kappa shape index (κ2) is 6.59. The van der Waals surface area contributed by atoms with Crippen LogP contribution in [0.3, 0.4) is 0 Å². The van der Waals surface area contributed by atoms with Crippen LogP contribution in [0.5, 0.6) is 0 Å². The zero-order chi connectivity index (χ0) is 13.0. The predicted molar refractivity (Wildman–Crippen MR) is 80.7 cm³/mol. The smallest absolute Gasteiger partial charge is 0.194 e. The van der Waals surface area contributed by atoms with Crippen LogP contribution in [0, 0.1) is 0 Å². The summed E-state index contributed by atoms with van der Waals surface area (Å²) >= 11 is 3.57. The fourth-order valence-corrected chi connectivity index (χ4v) is 3.74. The van der Waals surface area contributed by atoms with Crippen LogP contribution in [0.15, 0.2) is 16.6 Å². The van der Waals surface area contributed by atoms with Gasteiger partial charge in [0.25, 0.3) is 0 Å². The summed E-state index contributed by atoms with van der Waals surface area (Å²) in [5.74, 6) is 1.15. The molecule has 0 fully saturated rings. The van der Waals surface area contributed by atoms with Gasteiger partial charge in [-0.25, -0.2) is 4.98 Å². The van der Waals surface area contributed by atoms with Gasteiger partial charge in [0.15, 0.2) is 4.96 Å². The Balaban J connectivity index is 2.20. The van der Waals surface area contributed by atoms with Gasteiger partial charge in [0.1, 0.15) is 5.03 Å². The van der Waals surface area contributed by atoms with Crippen molar-refractivity contribution in [1.29, 1.82) is 0 Å². The Morgan fingerprint density at radius 1 is 1.50 bits per heavy atom. The van der Waals surface area contributed by atoms with Crippen molar-refractivity contribution in [1.82, 2.24) is 9.38 Å². The van der Waals surface area contributed by atoms with Gasteiger partial charge in [-0.1, -0.05) is 20.3 Å². The van der Waals surface area contributed by atoms with Gasteiger partial charge in [-0.05, 0) is 18.6 Å². The lowest BCUT2D eigenvalue weighted by Gasteiger charge is -2.09. The monoisotopic (exact) mass is 283 g/mol. The highest BCUT2D eigenvalue weighted by atomic mass is 32.2. The Bertz CT molecular complexity index is 489. The number of hydrogen-bond acceptors (Lipinski definition) is 4. The molecule has 0 aliphatic heterocycles. The van der Waals surface area contributed by atoms with E-state index in [4.69, 9.17) is 10.7 Å². The molecule has 0 radical (unpaired) electrons. The summed E-state index contributed by atoms with van der Waals surface area (Å²) < 4.78 is 2.20. The minimum atomic E-state index is 0.232. The highest BCUT2D eigenvalue weighted by Gasteiger charge is 2.15. The third-order valence-electron chi connectivity index (χ3n) is 3.04. The Hall–Kier alpha value is -0.520. The number of nitrogens with zero attached hydrogens (tertiary/aromatic N) is 2. The van der Waals surface area contributed by atoms with Crippen LogP contribution >= 0.6 is 23.1 Å². The Morgan fingerprint density at radius 3 is 3.06 bits per heavy atom. The van der Waals surface area contributed by atoms with Crippen LogP contribution < -0.4 is 5.73 Å². The molecular formula is C13H21N3S2. The molecule has 3 nitrogen and oxygen atoms in total. The van der Waals surface area contributed by atoms with Crippen LogP contribution in [-0.4, -0.2) is 21.2 Å². The molecule has 2 rings (SSSR count). The summed E-state index contributed by atoms with van der Waals surface area (Å²) in [4.78, 5) is 5.81. The molecule has 5 heteroatoms. The average molecular weight is 283 g/mol. The minimum Gasteiger partial charge on any atom is -0.327 e. The first-order valence-electron chi connectivity index (χ1n) is 6.59. The van der Waals surface area contributed by atoms with Gasteiger partial charge in [0.2, 0.25) is 0 Å². The fraction of sp³-hybridized carbons (Fsp3) is 0.615. The minimum absolute atomic E-state index is 0.232. The van der Waals surface area contributed by atoms with Crippen molar-refractivity contribution in [2.75, 3.05) is 5.75 Å². The Morgan fingerprint density at radius 2 is 2.33 bits per heavy atom. The number of aromatic nitrogens is 2. The van der Waals surface area contributed by atoms with Gasteiger partial charge < -0.3 is 5.73 Å². The first-order chi connectivity index (χ1) is 8.76. The summed E-state index contributed by atoms with van der Waals surface area (Å²) in [5, 5.41) is 3.27. The molecule has 0 aliphatic carbocycles. The van der Waals surface area contributed by atoms with E-state index >= 15 is 0 Å². The predicted octanol–water partition coefficient (Wildman–Crippen LogP) is 3.57. The van der Waals surface area contributed by atoms with Gasteiger partial charge in [-0.15, -0.1) is 23.1 Å². The molecular weight excluding hydrogens is 262 g/mol. The second-order valence-electron chi connectivity index (χ2n) is 4.49. The van der Waals surface area contributed by atoms with Crippen LogP contribution in [0.25, 0.3) is 4.96 Å². The zero-order valence-electron chi connectivity index (χ0n) is 11.1. The standard InChI is InChI=1S/C13H21N3S2/c1-3-5-7-17-12-11(9-10(14)4-2)16-6-8-18-13(16)15-12/h6,8,10H,3-5,7,9,14H2,1-2H3. The van der Waals surface area contributed by atoms with E-state index in [2.05, 4.69) is 29.8 Å². The molecule has 0 spiro atoms. The summed E-state index contributed by atoms with van der Waals surface area (Å²) in [6.07, 6.45) is 6.52. The lowest BCUT2D eigenvalue weighted by atomic mass is 10.1. The molecule has 1 atom stereocenters. The summed E-state index contributed by atoms with van der Waals surface area (Å²) in [5.41, 5.74) is 7.39. The van der Waals surface area contributed by atoms with E-state index in [1.807, 2.05) is 11.8 Å². The van der Waals surface area contributed by atoms with Crippen molar-refractivity contribution in [3.8, 4) is 0 Å². The first-order valence-corrected chi connectivity index (χ1v) is 8.45. The number of thioether (sulfide) groups is 1. The Kier molecular flexibility index (Phi) is 5.09. The van der Waals surface area contributed by atoms with E-state index < -0.39 is 0 Å². The molecule has 1 unspecified atom stereocenters. The molecule has 2 aromatic heterocycles. The SMILES string of the molecule is CCCCSc1nc2sccn2c1CC(N)CC. The number of fused-ring (bicyclic) bond motifs is 1. The lowest BCUT2D eigenvalue weighted by molar-refractivity contribution is 0.627. The molecule has 100 valence electrons. The maximum atomic E-state index is 6.10. The van der Waals surface area contributed by atoms with Gasteiger partial charge in [0, 0.05) is 24.0 Å². The lowest BCUT2D eigenvalue weighted by Crippen LogP contribution is -2.22. The molecule has 0 saturated carbocycles. The topological polar surface area (TPSA) is 43.3 Å². The summed E-state index contributed by atoms with van der Waals surface area (Å²) in [7, 11) is 0. The number of imidazole rings is 1. The third-order valence-corrected chi connectivity index (χ3v) is 4.89. The van der Waals surface area contributed by atoms with E-state index in [1.165, 1.54) is 23.6 Å². The van der Waals surface area contributed by atoms with Crippen molar-refractivity contribution < 1.29 is 0 Å². The van der Waals surface area contributed by atoms with Gasteiger partial charge in [-0.3, -0.25) is 4.40 Å². The summed E-state index contributed by atoms with van der Waals surface area (Å²) in [6, 6.07) is 0.232. The van der Waals surface area contributed by atoms with Crippen molar-refractivity contribution in [2.24, 2.45) is 5.73 Å². The van der Waals surface area contributed by atoms with Gasteiger partial charge >= 0.3 is 0 Å². The molecule has 18 heavy (non-hydrogen) atoms. The van der Waals surface area contributed by atoms with Crippen molar-refractivity contribution in [3.05, 3.63) is 17.3 Å². The number of rotatable bonds is 7. The quantitative estimate of drug-likeness (QED) is 0.624. The largest absolute Gasteiger partial charge is 0.327 e. The average Bonchev–Trinajstić information content (AvgIpc) is 2.93. The maximum absolute atomic E-state index is 6.10. The number of unbranched alkanes of at least 4 members (excludes halogenated alkanes) is 1. The fourth-order valence-electron chi connectivity index (χ4n) is 1.82. The molecule has 2 heterocycles. The van der Waals surface area contributed by atoms with Crippen LogP contribution in [0.2, 0.25) is 0 Å². The third kappa shape index (κ3) is 3.08. The molecule has 0 bridgehead atoms. The van der Waals surface area contributed by atoms with Crippen LogP contribution in [0.4, 0.5) is 0 Å². The molecule has 2 N–H and O–H groups in total. The van der Waals surface area contributed by atoms with Gasteiger partial charge in [0.05, 0.1) is 5.69 Å². The number of thiazole rings is 1. The van der Waals surface area contributed by atoms with Crippen molar-refractivity contribution in [2.45, 2.75) is 50.6 Å². The molecule has 0 aliphatic rings. The maximum Gasteiger partial charge on any atom is 0.194 e. The van der Waals surface area contributed by atoms with Crippen LogP contribution in [0.1, 0.15) is 38.8 Å². The first kappa shape index (κ1) is 13.9. The number of hydrogen-bond donors (Lipinski definition) is 1. The van der Waals surface area contributed by atoms with Crippen molar-refractivity contribution >= 4 is 28.1 Å². The molecule has 2 aromatic rings. The number of nitrogens with two attached hydrogens (primary N) is 1. The highest BCUT2D eigenvalue weighted by Crippen LogP contribution is 2.27. The Labute approximate surface area is 117 Å². The van der Waals surface area contributed by atoms with E-state index in [0.29, 0.717) is 0 Å². The van der Waals surface area contributed by atoms with E-state index in [9.17, 15) is 0 Å². The molecule has 0 saturated heterocycles. The zero-order valence-corrected chi connectivity index (χ0v) is 12.7.